The Hall–Kier alpha value is -1.39. The first-order chi connectivity index (χ1) is 17.8. The molecule has 1 saturated carbocycles. The normalized spacial score (nSPS) is 33.1. The second kappa shape index (κ2) is 10.9. The van der Waals surface area contributed by atoms with Crippen LogP contribution in [0.2, 0.25) is 0 Å². The number of hydrogen-bond donors (Lipinski definition) is 4. The fourth-order valence-electron chi connectivity index (χ4n) is 4.79. The van der Waals surface area contributed by atoms with E-state index >= 15 is 0 Å². The van der Waals surface area contributed by atoms with Gasteiger partial charge in [0.05, 0.1) is 38.4 Å². The number of anilines is 1. The molecule has 4 unspecified atom stereocenters. The van der Waals surface area contributed by atoms with Crippen molar-refractivity contribution in [3.05, 3.63) is 22.7 Å². The lowest BCUT2D eigenvalue weighted by Crippen LogP contribution is -2.42. The summed E-state index contributed by atoms with van der Waals surface area (Å²) in [7, 11) is -3.89. The van der Waals surface area contributed by atoms with Crippen molar-refractivity contribution in [2.75, 3.05) is 57.6 Å². The van der Waals surface area contributed by atoms with Crippen molar-refractivity contribution in [3.63, 3.8) is 0 Å². The van der Waals surface area contributed by atoms with E-state index < -0.39 is 48.3 Å². The predicted molar refractivity (Wildman–Crippen MR) is 136 cm³/mol. The molecular weight excluding hydrogens is 543 g/mol. The van der Waals surface area contributed by atoms with Gasteiger partial charge in [-0.3, -0.25) is 18.4 Å². The highest BCUT2D eigenvalue weighted by atomic mass is 32.2. The van der Waals surface area contributed by atoms with Crippen LogP contribution >= 0.6 is 19.5 Å². The molecule has 0 aromatic carbocycles. The maximum Gasteiger partial charge on any atom is 0.408 e. The molecule has 3 aliphatic rings. The van der Waals surface area contributed by atoms with Gasteiger partial charge in [0.1, 0.15) is 35.3 Å². The average Bonchev–Trinajstić information content (AvgIpc) is 3.30. The summed E-state index contributed by atoms with van der Waals surface area (Å²) in [6, 6.07) is 0.503. The van der Waals surface area contributed by atoms with Crippen molar-refractivity contribution >= 4 is 30.4 Å². The Kier molecular flexibility index (Phi) is 8.47. The highest BCUT2D eigenvalue weighted by molar-refractivity contribution is 8.13. The standard InChI is InChI=1S/C22H35N4O10PS/c1-20(2,13-27)18(29)38-11-10-34-37(32,25-6-8-33-9-7-25)35-12-14-16(28)22(31)17(21(22,3)36-14)26-5-4-15(23)24-19(26)30/h4-5,14,16-17,27-28,31H,6-13H2,1-3H3,(H2,23,24,30)/t14-,16?,17-,21?,22?,37?/m1/s1. The largest absolute Gasteiger partial charge is 0.408 e. The van der Waals surface area contributed by atoms with Crippen LogP contribution < -0.4 is 11.4 Å². The van der Waals surface area contributed by atoms with Crippen molar-refractivity contribution in [1.82, 2.24) is 14.2 Å². The van der Waals surface area contributed by atoms with E-state index in [-0.39, 0.29) is 49.6 Å². The summed E-state index contributed by atoms with van der Waals surface area (Å²) in [4.78, 5) is 28.2. The fraction of sp³-hybridized carbons (Fsp3) is 0.773. The molecule has 0 radical (unpaired) electrons. The van der Waals surface area contributed by atoms with E-state index in [2.05, 4.69) is 4.98 Å². The number of nitrogen functional groups attached to an aromatic ring is 1. The van der Waals surface area contributed by atoms with Crippen LogP contribution in [0.3, 0.4) is 0 Å². The Morgan fingerprint density at radius 3 is 2.63 bits per heavy atom. The number of ether oxygens (including phenoxy) is 2. The number of carbonyl (C=O) groups excluding carboxylic acids is 1. The molecule has 14 nitrogen and oxygen atoms in total. The van der Waals surface area contributed by atoms with Gasteiger partial charge in [0, 0.05) is 25.0 Å². The van der Waals surface area contributed by atoms with Gasteiger partial charge in [-0.1, -0.05) is 11.8 Å². The van der Waals surface area contributed by atoms with Crippen LogP contribution in [-0.4, -0.2) is 110 Å². The minimum atomic E-state index is -3.89. The zero-order valence-corrected chi connectivity index (χ0v) is 23.2. The third-order valence-electron chi connectivity index (χ3n) is 7.23. The molecule has 1 aromatic rings. The molecule has 1 aliphatic carbocycles. The van der Waals surface area contributed by atoms with E-state index in [4.69, 9.17) is 24.3 Å². The number of aliphatic hydroxyl groups excluding tert-OH is 2. The van der Waals surface area contributed by atoms with Gasteiger partial charge in [-0.25, -0.2) is 14.0 Å². The number of nitrogens with zero attached hydrogens (tertiary/aromatic N) is 3. The van der Waals surface area contributed by atoms with Gasteiger partial charge in [0.15, 0.2) is 5.12 Å². The number of aliphatic hydroxyl groups is 3. The average molecular weight is 579 g/mol. The van der Waals surface area contributed by atoms with Crippen molar-refractivity contribution in [2.45, 2.75) is 50.2 Å². The Morgan fingerprint density at radius 1 is 1.37 bits per heavy atom. The van der Waals surface area contributed by atoms with E-state index in [1.54, 1.807) is 20.8 Å². The number of fused-ring (bicyclic) bond motifs is 1. The summed E-state index contributed by atoms with van der Waals surface area (Å²) in [5.41, 5.74) is 0.825. The third-order valence-corrected chi connectivity index (χ3v) is 10.5. The third kappa shape index (κ3) is 5.21. The van der Waals surface area contributed by atoms with Crippen molar-refractivity contribution in [3.8, 4) is 0 Å². The summed E-state index contributed by atoms with van der Waals surface area (Å²) in [6.45, 7) is 5.29. The first-order valence-corrected chi connectivity index (χ1v) is 14.7. The Labute approximate surface area is 224 Å². The van der Waals surface area contributed by atoms with Crippen LogP contribution in [0.1, 0.15) is 26.8 Å². The van der Waals surface area contributed by atoms with E-state index in [0.29, 0.717) is 13.2 Å². The van der Waals surface area contributed by atoms with Crippen molar-refractivity contribution < 1.29 is 43.2 Å². The predicted octanol–water partition coefficient (Wildman–Crippen LogP) is -0.618. The summed E-state index contributed by atoms with van der Waals surface area (Å²) in [5.74, 6) is 0.215. The van der Waals surface area contributed by atoms with Crippen molar-refractivity contribution in [1.29, 1.82) is 0 Å². The van der Waals surface area contributed by atoms with Crippen LogP contribution in [-0.2, 0) is 27.9 Å². The van der Waals surface area contributed by atoms with E-state index in [1.807, 2.05) is 0 Å². The van der Waals surface area contributed by atoms with Crippen LogP contribution in [0.15, 0.2) is 17.1 Å². The number of rotatable bonds is 11. The van der Waals surface area contributed by atoms with Gasteiger partial charge < -0.3 is 30.5 Å². The number of thioether (sulfide) groups is 1. The molecular formula is C22H35N4O10PS. The summed E-state index contributed by atoms with van der Waals surface area (Å²) < 4.78 is 39.1. The highest BCUT2D eigenvalue weighted by Crippen LogP contribution is 2.67. The second-order valence-electron chi connectivity index (χ2n) is 10.3. The topological polar surface area (TPSA) is 196 Å². The minimum Gasteiger partial charge on any atom is -0.395 e. The molecule has 214 valence electrons. The molecule has 0 bridgehead atoms. The molecule has 5 N–H and O–H groups in total. The fourth-order valence-corrected chi connectivity index (χ4v) is 7.44. The van der Waals surface area contributed by atoms with E-state index in [9.17, 15) is 29.5 Å². The molecule has 1 aromatic heterocycles. The summed E-state index contributed by atoms with van der Waals surface area (Å²) >= 11 is 0.962. The molecule has 3 fully saturated rings. The Balaban J connectivity index is 1.40. The SMILES string of the molecule is CC(C)(CO)C(=O)SCCOP(=O)(OC[C@H]1OC2(C)[C@@H](n3ccc(N)nc3=O)C2(O)C1O)N1CCOCC1. The smallest absolute Gasteiger partial charge is 0.395 e. The van der Waals surface area contributed by atoms with E-state index in [1.165, 1.54) is 16.9 Å². The number of nitrogens with two attached hydrogens (primary N) is 1. The quantitative estimate of drug-likeness (QED) is 0.191. The number of aromatic nitrogens is 2. The van der Waals surface area contributed by atoms with Gasteiger partial charge in [0.25, 0.3) is 0 Å². The first kappa shape index (κ1) is 29.6. The van der Waals surface area contributed by atoms with Gasteiger partial charge in [-0.05, 0) is 26.8 Å². The second-order valence-corrected chi connectivity index (χ2v) is 13.4. The molecule has 2 saturated heterocycles. The van der Waals surface area contributed by atoms with Crippen LogP contribution in [0.5, 0.6) is 0 Å². The lowest BCUT2D eigenvalue weighted by Gasteiger charge is -2.33. The summed E-state index contributed by atoms with van der Waals surface area (Å²) in [6.07, 6.45) is -1.14. The van der Waals surface area contributed by atoms with Crippen molar-refractivity contribution in [2.24, 2.45) is 5.41 Å². The summed E-state index contributed by atoms with van der Waals surface area (Å²) in [5, 5.41) is 31.3. The monoisotopic (exact) mass is 578 g/mol. The number of morpholine rings is 1. The zero-order valence-electron chi connectivity index (χ0n) is 21.5. The molecule has 6 atom stereocenters. The number of carbonyl (C=O) groups is 1. The van der Waals surface area contributed by atoms with E-state index in [0.717, 1.165) is 16.3 Å². The van der Waals surface area contributed by atoms with Gasteiger partial charge in [0.2, 0.25) is 0 Å². The lowest BCUT2D eigenvalue weighted by atomic mass is 9.97. The Bertz CT molecular complexity index is 1150. The zero-order chi connectivity index (χ0) is 27.9. The van der Waals surface area contributed by atoms with Gasteiger partial charge >= 0.3 is 13.4 Å². The number of hydrogen-bond acceptors (Lipinski definition) is 13. The molecule has 2 aliphatic heterocycles. The van der Waals surface area contributed by atoms with Crippen LogP contribution in [0.4, 0.5) is 5.82 Å². The van der Waals surface area contributed by atoms with Crippen LogP contribution in [0.25, 0.3) is 0 Å². The molecule has 4 rings (SSSR count). The highest BCUT2D eigenvalue weighted by Gasteiger charge is 2.85. The first-order valence-electron chi connectivity index (χ1n) is 12.2. The minimum absolute atomic E-state index is 0.0284. The Morgan fingerprint density at radius 2 is 2.05 bits per heavy atom. The maximum atomic E-state index is 13.8. The molecule has 0 spiro atoms. The molecule has 38 heavy (non-hydrogen) atoms. The van der Waals surface area contributed by atoms with Gasteiger partial charge in [-0.2, -0.15) is 4.98 Å². The van der Waals surface area contributed by atoms with Gasteiger partial charge in [-0.15, -0.1) is 0 Å². The van der Waals surface area contributed by atoms with Crippen LogP contribution in [0, 0.1) is 5.41 Å². The molecule has 0 amide bonds. The molecule has 16 heteroatoms. The lowest BCUT2D eigenvalue weighted by molar-refractivity contribution is -0.119. The molecule has 3 heterocycles. The maximum absolute atomic E-state index is 13.8.